The summed E-state index contributed by atoms with van der Waals surface area (Å²) in [7, 11) is 3.57. The number of carbonyl (C=O) groups excluding carboxylic acids is 1. The minimum Gasteiger partial charge on any atom is -0.382 e. The van der Waals surface area contributed by atoms with Gasteiger partial charge in [-0.1, -0.05) is 13.8 Å². The monoisotopic (exact) mass is 166 g/mol. The largest absolute Gasteiger partial charge is 0.382 e. The summed E-state index contributed by atoms with van der Waals surface area (Å²) in [6, 6.07) is 1.88. The van der Waals surface area contributed by atoms with Crippen molar-refractivity contribution < 1.29 is 4.79 Å². The molecule has 0 saturated carbocycles. The highest BCUT2D eigenvalue weighted by molar-refractivity contribution is 6.00. The number of carbonyl (C=O) groups is 1. The molecule has 0 spiro atoms. The van der Waals surface area contributed by atoms with Crippen LogP contribution in [0.25, 0.3) is 0 Å². The number of ketones is 1. The second-order valence-corrected chi connectivity index (χ2v) is 3.14. The zero-order chi connectivity index (χ0) is 9.72. The first kappa shape index (κ1) is 10.7. The predicted octanol–water partition coefficient (Wildman–Crippen LogP) is 1.18. The van der Waals surface area contributed by atoms with E-state index in [2.05, 4.69) is 0 Å². The van der Waals surface area contributed by atoms with Crippen LogP contribution in [0.15, 0.2) is 11.8 Å². The third-order valence-corrected chi connectivity index (χ3v) is 1.30. The molecular formula is C9H14N2O. The minimum absolute atomic E-state index is 0.105. The second-order valence-electron chi connectivity index (χ2n) is 3.14. The van der Waals surface area contributed by atoms with Gasteiger partial charge in [-0.3, -0.25) is 4.79 Å². The maximum Gasteiger partial charge on any atom is 0.177 e. The lowest BCUT2D eigenvalue weighted by molar-refractivity contribution is -0.117. The van der Waals surface area contributed by atoms with E-state index in [0.717, 1.165) is 0 Å². The molecule has 0 fully saturated rings. The Morgan fingerprint density at radius 3 is 2.25 bits per heavy atom. The van der Waals surface area contributed by atoms with Crippen LogP contribution in [0.1, 0.15) is 13.8 Å². The van der Waals surface area contributed by atoms with Crippen LogP contribution in [0, 0.1) is 17.2 Å². The van der Waals surface area contributed by atoms with E-state index in [1.807, 2.05) is 6.07 Å². The Hall–Kier alpha value is -1.30. The standard InChI is InChI=1S/C9H14N2O/c1-7(2)9(12)8(5-10)6-11(3)4/h6-7H,1-4H3/b8-6+. The fourth-order valence-corrected chi connectivity index (χ4v) is 0.717. The molecule has 0 heterocycles. The lowest BCUT2D eigenvalue weighted by Gasteiger charge is -2.07. The van der Waals surface area contributed by atoms with Gasteiger partial charge in [0.2, 0.25) is 0 Å². The number of hydrogen-bond donors (Lipinski definition) is 0. The Bertz CT molecular complexity index is 233. The molecule has 66 valence electrons. The zero-order valence-electron chi connectivity index (χ0n) is 7.96. The van der Waals surface area contributed by atoms with Gasteiger partial charge in [0.25, 0.3) is 0 Å². The average Bonchev–Trinajstić information content (AvgIpc) is 1.98. The van der Waals surface area contributed by atoms with Crippen molar-refractivity contribution in [3.63, 3.8) is 0 Å². The van der Waals surface area contributed by atoms with Gasteiger partial charge in [0, 0.05) is 26.2 Å². The van der Waals surface area contributed by atoms with Crippen LogP contribution in [-0.2, 0) is 4.79 Å². The van der Waals surface area contributed by atoms with E-state index < -0.39 is 0 Å². The molecule has 3 nitrogen and oxygen atoms in total. The minimum atomic E-state index is -0.115. The smallest absolute Gasteiger partial charge is 0.177 e. The zero-order valence-corrected chi connectivity index (χ0v) is 7.96. The first-order valence-corrected chi connectivity index (χ1v) is 3.81. The fourth-order valence-electron chi connectivity index (χ4n) is 0.717. The molecule has 0 unspecified atom stereocenters. The molecule has 0 aliphatic heterocycles. The third-order valence-electron chi connectivity index (χ3n) is 1.30. The van der Waals surface area contributed by atoms with Crippen LogP contribution in [-0.4, -0.2) is 24.8 Å². The summed E-state index contributed by atoms with van der Waals surface area (Å²) in [6.07, 6.45) is 1.54. The van der Waals surface area contributed by atoms with Crippen LogP contribution in [0.2, 0.25) is 0 Å². The highest BCUT2D eigenvalue weighted by Crippen LogP contribution is 2.04. The molecule has 0 saturated heterocycles. The van der Waals surface area contributed by atoms with Gasteiger partial charge >= 0.3 is 0 Å². The Morgan fingerprint density at radius 1 is 1.50 bits per heavy atom. The van der Waals surface area contributed by atoms with Crippen molar-refractivity contribution in [2.24, 2.45) is 5.92 Å². The van der Waals surface area contributed by atoms with Crippen molar-refractivity contribution in [1.82, 2.24) is 4.90 Å². The van der Waals surface area contributed by atoms with Crippen LogP contribution in [0.4, 0.5) is 0 Å². The van der Waals surface area contributed by atoms with E-state index in [1.54, 1.807) is 39.0 Å². The summed E-state index contributed by atoms with van der Waals surface area (Å²) in [5.41, 5.74) is 0.218. The van der Waals surface area contributed by atoms with Crippen molar-refractivity contribution in [1.29, 1.82) is 5.26 Å². The van der Waals surface area contributed by atoms with Crippen molar-refractivity contribution in [2.75, 3.05) is 14.1 Å². The Balaban J connectivity index is 4.60. The molecule has 12 heavy (non-hydrogen) atoms. The van der Waals surface area contributed by atoms with Gasteiger partial charge in [0.1, 0.15) is 11.6 Å². The first-order chi connectivity index (χ1) is 5.49. The quantitative estimate of drug-likeness (QED) is 0.467. The maximum atomic E-state index is 11.3. The molecule has 0 radical (unpaired) electrons. The summed E-state index contributed by atoms with van der Waals surface area (Å²) in [4.78, 5) is 13.0. The molecule has 0 aromatic carbocycles. The van der Waals surface area contributed by atoms with E-state index >= 15 is 0 Å². The van der Waals surface area contributed by atoms with Crippen molar-refractivity contribution in [3.8, 4) is 6.07 Å². The van der Waals surface area contributed by atoms with Crippen molar-refractivity contribution in [2.45, 2.75) is 13.8 Å². The van der Waals surface area contributed by atoms with E-state index in [1.165, 1.54) is 0 Å². The Labute approximate surface area is 73.3 Å². The maximum absolute atomic E-state index is 11.3. The summed E-state index contributed by atoms with van der Waals surface area (Å²) < 4.78 is 0. The van der Waals surface area contributed by atoms with Gasteiger partial charge in [-0.2, -0.15) is 5.26 Å². The number of nitriles is 1. The summed E-state index contributed by atoms with van der Waals surface area (Å²) >= 11 is 0. The molecule has 0 rings (SSSR count). The predicted molar refractivity (Wildman–Crippen MR) is 47.2 cm³/mol. The summed E-state index contributed by atoms with van der Waals surface area (Å²) in [6.45, 7) is 3.56. The molecule has 0 bridgehead atoms. The van der Waals surface area contributed by atoms with Crippen LogP contribution in [0.5, 0.6) is 0 Å². The molecule has 0 amide bonds. The van der Waals surface area contributed by atoms with Crippen LogP contribution in [0.3, 0.4) is 0 Å². The van der Waals surface area contributed by atoms with Gasteiger partial charge < -0.3 is 4.90 Å². The van der Waals surface area contributed by atoms with E-state index in [9.17, 15) is 4.79 Å². The van der Waals surface area contributed by atoms with Gasteiger partial charge in [-0.25, -0.2) is 0 Å². The fraction of sp³-hybridized carbons (Fsp3) is 0.556. The Kier molecular flexibility index (Phi) is 4.06. The van der Waals surface area contributed by atoms with E-state index in [0.29, 0.717) is 0 Å². The van der Waals surface area contributed by atoms with E-state index in [4.69, 9.17) is 5.26 Å². The summed E-state index contributed by atoms with van der Waals surface area (Å²) in [5.74, 6) is -0.220. The molecule has 3 heteroatoms. The van der Waals surface area contributed by atoms with Gasteiger partial charge in [0.05, 0.1) is 0 Å². The highest BCUT2D eigenvalue weighted by Gasteiger charge is 2.12. The Morgan fingerprint density at radius 2 is 2.00 bits per heavy atom. The normalized spacial score (nSPS) is 11.2. The molecule has 0 aliphatic carbocycles. The number of allylic oxidation sites excluding steroid dienone is 1. The lowest BCUT2D eigenvalue weighted by Crippen LogP contribution is -2.12. The van der Waals surface area contributed by atoms with Gasteiger partial charge in [-0.05, 0) is 0 Å². The number of rotatable bonds is 3. The van der Waals surface area contributed by atoms with Gasteiger partial charge in [-0.15, -0.1) is 0 Å². The highest BCUT2D eigenvalue weighted by atomic mass is 16.1. The molecule has 0 N–H and O–H groups in total. The molecular weight excluding hydrogens is 152 g/mol. The summed E-state index contributed by atoms with van der Waals surface area (Å²) in [5, 5.41) is 8.63. The number of nitrogens with zero attached hydrogens (tertiary/aromatic N) is 2. The molecule has 0 atom stereocenters. The SMILES string of the molecule is CC(C)C(=O)/C(C#N)=C/N(C)C. The third kappa shape index (κ3) is 3.20. The first-order valence-electron chi connectivity index (χ1n) is 3.81. The van der Waals surface area contributed by atoms with Crippen molar-refractivity contribution in [3.05, 3.63) is 11.8 Å². The lowest BCUT2D eigenvalue weighted by atomic mass is 10.0. The molecule has 0 aromatic heterocycles. The number of Topliss-reactive ketones (excluding diaryl/α,β-unsaturated/α-hetero) is 1. The second kappa shape index (κ2) is 4.55. The number of hydrogen-bond acceptors (Lipinski definition) is 3. The topological polar surface area (TPSA) is 44.1 Å². The van der Waals surface area contributed by atoms with Crippen molar-refractivity contribution >= 4 is 5.78 Å². The van der Waals surface area contributed by atoms with Gasteiger partial charge in [0.15, 0.2) is 5.78 Å². The van der Waals surface area contributed by atoms with Crippen LogP contribution < -0.4 is 0 Å². The van der Waals surface area contributed by atoms with E-state index in [-0.39, 0.29) is 17.3 Å². The average molecular weight is 166 g/mol. The van der Waals surface area contributed by atoms with Crippen LogP contribution >= 0.6 is 0 Å². The molecule has 0 aromatic rings. The molecule has 0 aliphatic rings.